The summed E-state index contributed by atoms with van der Waals surface area (Å²) in [7, 11) is 0. The SMILES string of the molecule is CCCCCCCc1ccc(C2=CCC(CCCCCC)CC2)cc1. The molecule has 1 aromatic carbocycles. The molecule has 140 valence electrons. The molecule has 0 saturated heterocycles. The molecule has 2 rings (SSSR count). The van der Waals surface area contributed by atoms with Crippen LogP contribution in [-0.2, 0) is 6.42 Å². The van der Waals surface area contributed by atoms with Gasteiger partial charge in [0.05, 0.1) is 0 Å². The zero-order valence-electron chi connectivity index (χ0n) is 16.9. The quantitative estimate of drug-likeness (QED) is 0.335. The summed E-state index contributed by atoms with van der Waals surface area (Å²) < 4.78 is 0. The van der Waals surface area contributed by atoms with Gasteiger partial charge in [0.15, 0.2) is 0 Å². The first-order valence-corrected chi connectivity index (χ1v) is 11.1. The summed E-state index contributed by atoms with van der Waals surface area (Å²) in [5, 5.41) is 0. The van der Waals surface area contributed by atoms with E-state index in [0.29, 0.717) is 0 Å². The van der Waals surface area contributed by atoms with Gasteiger partial charge in [0.25, 0.3) is 0 Å². The summed E-state index contributed by atoms with van der Waals surface area (Å²) in [6.45, 7) is 4.58. The van der Waals surface area contributed by atoms with E-state index in [1.54, 1.807) is 5.57 Å². The van der Waals surface area contributed by atoms with E-state index in [2.05, 4.69) is 44.2 Å². The molecule has 0 aliphatic heterocycles. The molecule has 0 fully saturated rings. The highest BCUT2D eigenvalue weighted by Crippen LogP contribution is 2.33. The fourth-order valence-electron chi connectivity index (χ4n) is 4.09. The minimum atomic E-state index is 0.947. The molecule has 0 nitrogen and oxygen atoms in total. The Morgan fingerprint density at radius 2 is 1.48 bits per heavy atom. The molecule has 0 saturated carbocycles. The lowest BCUT2D eigenvalue weighted by atomic mass is 9.83. The number of hydrogen-bond acceptors (Lipinski definition) is 0. The van der Waals surface area contributed by atoms with Crippen LogP contribution < -0.4 is 0 Å². The van der Waals surface area contributed by atoms with Crippen LogP contribution in [0, 0.1) is 5.92 Å². The Bertz CT molecular complexity index is 479. The number of hydrogen-bond donors (Lipinski definition) is 0. The number of rotatable bonds is 12. The van der Waals surface area contributed by atoms with Crippen molar-refractivity contribution in [3.05, 3.63) is 41.5 Å². The van der Waals surface area contributed by atoms with E-state index >= 15 is 0 Å². The summed E-state index contributed by atoms with van der Waals surface area (Å²) in [6.07, 6.45) is 21.7. The molecular formula is C25H40. The molecule has 1 aromatic rings. The summed E-state index contributed by atoms with van der Waals surface area (Å²) in [4.78, 5) is 0. The van der Waals surface area contributed by atoms with E-state index in [0.717, 1.165) is 5.92 Å². The second-order valence-corrected chi connectivity index (χ2v) is 8.08. The summed E-state index contributed by atoms with van der Waals surface area (Å²) in [5.41, 5.74) is 4.59. The maximum absolute atomic E-state index is 2.54. The van der Waals surface area contributed by atoms with Gasteiger partial charge in [0, 0.05) is 0 Å². The van der Waals surface area contributed by atoms with Crippen molar-refractivity contribution in [2.45, 2.75) is 104 Å². The topological polar surface area (TPSA) is 0 Å². The third-order valence-electron chi connectivity index (χ3n) is 5.88. The first kappa shape index (κ1) is 20.3. The van der Waals surface area contributed by atoms with Crippen molar-refractivity contribution in [1.29, 1.82) is 0 Å². The van der Waals surface area contributed by atoms with Crippen molar-refractivity contribution in [1.82, 2.24) is 0 Å². The smallest absolute Gasteiger partial charge is 0.0228 e. The highest BCUT2D eigenvalue weighted by atomic mass is 14.2. The minimum absolute atomic E-state index is 0.947. The van der Waals surface area contributed by atoms with Crippen LogP contribution in [0.15, 0.2) is 30.3 Å². The lowest BCUT2D eigenvalue weighted by molar-refractivity contribution is 0.425. The number of unbranched alkanes of at least 4 members (excludes halogenated alkanes) is 7. The molecule has 0 heteroatoms. The summed E-state index contributed by atoms with van der Waals surface area (Å²) >= 11 is 0. The van der Waals surface area contributed by atoms with E-state index in [-0.39, 0.29) is 0 Å². The third-order valence-corrected chi connectivity index (χ3v) is 5.88. The molecular weight excluding hydrogens is 300 g/mol. The highest BCUT2D eigenvalue weighted by Gasteiger charge is 2.15. The number of allylic oxidation sites excluding steroid dienone is 2. The molecule has 0 radical (unpaired) electrons. The second-order valence-electron chi connectivity index (χ2n) is 8.08. The van der Waals surface area contributed by atoms with Crippen molar-refractivity contribution in [2.75, 3.05) is 0 Å². The first-order chi connectivity index (χ1) is 12.3. The average molecular weight is 341 g/mol. The maximum atomic E-state index is 2.54. The minimum Gasteiger partial charge on any atom is -0.0804 e. The van der Waals surface area contributed by atoms with Gasteiger partial charge in [-0.3, -0.25) is 0 Å². The average Bonchev–Trinajstić information content (AvgIpc) is 2.66. The van der Waals surface area contributed by atoms with Crippen LogP contribution in [0.3, 0.4) is 0 Å². The molecule has 1 aliphatic carbocycles. The molecule has 0 N–H and O–H groups in total. The van der Waals surface area contributed by atoms with Crippen LogP contribution in [0.4, 0.5) is 0 Å². The Hall–Kier alpha value is -1.04. The molecule has 25 heavy (non-hydrogen) atoms. The molecule has 0 spiro atoms. The molecule has 0 heterocycles. The van der Waals surface area contributed by atoms with Gasteiger partial charge in [0.1, 0.15) is 0 Å². The summed E-state index contributed by atoms with van der Waals surface area (Å²) in [6, 6.07) is 9.48. The van der Waals surface area contributed by atoms with Crippen molar-refractivity contribution in [3.8, 4) is 0 Å². The van der Waals surface area contributed by atoms with Gasteiger partial charge < -0.3 is 0 Å². The molecule has 1 atom stereocenters. The molecule has 0 amide bonds. The fraction of sp³-hybridized carbons (Fsp3) is 0.680. The Balaban J connectivity index is 1.72. The summed E-state index contributed by atoms with van der Waals surface area (Å²) in [5.74, 6) is 0.947. The van der Waals surface area contributed by atoms with Crippen LogP contribution in [-0.4, -0.2) is 0 Å². The molecule has 1 aliphatic rings. The largest absolute Gasteiger partial charge is 0.0804 e. The second kappa shape index (κ2) is 12.3. The first-order valence-electron chi connectivity index (χ1n) is 11.1. The Labute approximate surface area is 157 Å². The van der Waals surface area contributed by atoms with Crippen molar-refractivity contribution >= 4 is 5.57 Å². The number of aryl methyl sites for hydroxylation is 1. The predicted octanol–water partition coefficient (Wildman–Crippen LogP) is 8.35. The van der Waals surface area contributed by atoms with E-state index in [9.17, 15) is 0 Å². The van der Waals surface area contributed by atoms with E-state index in [1.165, 1.54) is 101 Å². The Morgan fingerprint density at radius 1 is 0.800 bits per heavy atom. The number of benzene rings is 1. The van der Waals surface area contributed by atoms with E-state index in [4.69, 9.17) is 0 Å². The fourth-order valence-corrected chi connectivity index (χ4v) is 4.09. The molecule has 1 unspecified atom stereocenters. The van der Waals surface area contributed by atoms with Gasteiger partial charge in [-0.15, -0.1) is 0 Å². The van der Waals surface area contributed by atoms with Crippen LogP contribution >= 0.6 is 0 Å². The monoisotopic (exact) mass is 340 g/mol. The highest BCUT2D eigenvalue weighted by molar-refractivity contribution is 5.66. The van der Waals surface area contributed by atoms with Crippen LogP contribution in [0.2, 0.25) is 0 Å². The lowest BCUT2D eigenvalue weighted by Crippen LogP contribution is -2.05. The van der Waals surface area contributed by atoms with Gasteiger partial charge in [-0.2, -0.15) is 0 Å². The zero-order chi connectivity index (χ0) is 17.7. The predicted molar refractivity (Wildman–Crippen MR) is 113 cm³/mol. The van der Waals surface area contributed by atoms with Crippen molar-refractivity contribution in [2.24, 2.45) is 5.92 Å². The van der Waals surface area contributed by atoms with E-state index in [1.807, 2.05) is 0 Å². The van der Waals surface area contributed by atoms with Crippen LogP contribution in [0.25, 0.3) is 5.57 Å². The molecule has 0 aromatic heterocycles. The van der Waals surface area contributed by atoms with Gasteiger partial charge in [-0.05, 0) is 54.7 Å². The zero-order valence-corrected chi connectivity index (χ0v) is 16.9. The molecule has 0 bridgehead atoms. The Morgan fingerprint density at radius 3 is 2.12 bits per heavy atom. The van der Waals surface area contributed by atoms with Gasteiger partial charge in [0.2, 0.25) is 0 Å². The third kappa shape index (κ3) is 7.80. The van der Waals surface area contributed by atoms with Gasteiger partial charge >= 0.3 is 0 Å². The van der Waals surface area contributed by atoms with E-state index < -0.39 is 0 Å². The van der Waals surface area contributed by atoms with Crippen molar-refractivity contribution in [3.63, 3.8) is 0 Å². The lowest BCUT2D eigenvalue weighted by Gasteiger charge is -2.22. The van der Waals surface area contributed by atoms with Crippen LogP contribution in [0.5, 0.6) is 0 Å². The normalized spacial score (nSPS) is 17.5. The standard InChI is InChI=1S/C25H40/c1-3-5-7-9-11-13-23-16-20-25(21-17-23)24-18-14-22(15-19-24)12-10-8-6-4-2/h16-18,20-22H,3-15,19H2,1-2H3. The van der Waals surface area contributed by atoms with Crippen molar-refractivity contribution < 1.29 is 0 Å². The van der Waals surface area contributed by atoms with Gasteiger partial charge in [-0.25, -0.2) is 0 Å². The maximum Gasteiger partial charge on any atom is -0.0228 e. The van der Waals surface area contributed by atoms with Crippen LogP contribution in [0.1, 0.15) is 108 Å². The van der Waals surface area contributed by atoms with Gasteiger partial charge in [-0.1, -0.05) is 102 Å². The Kier molecular flexibility index (Phi) is 10.0.